The number of nitrogens with one attached hydrogen (secondary N) is 2. The minimum atomic E-state index is -1.02. The first-order valence-electron chi connectivity index (χ1n) is 22.6. The van der Waals surface area contributed by atoms with Crippen LogP contribution in [0.2, 0.25) is 0 Å². The van der Waals surface area contributed by atoms with E-state index in [2.05, 4.69) is 54.3 Å². The van der Waals surface area contributed by atoms with Crippen molar-refractivity contribution >= 4 is 35.6 Å². The number of aromatic nitrogens is 2. The predicted octanol–water partition coefficient (Wildman–Crippen LogP) is 4.78. The van der Waals surface area contributed by atoms with Gasteiger partial charge in [0.25, 0.3) is 12.4 Å². The lowest BCUT2D eigenvalue weighted by molar-refractivity contribution is -0.184. The van der Waals surface area contributed by atoms with E-state index in [1.165, 1.54) is 4.90 Å². The van der Waals surface area contributed by atoms with Crippen LogP contribution in [0.1, 0.15) is 77.1 Å². The number of aliphatic hydroxyl groups excluding tert-OH is 2. The summed E-state index contributed by atoms with van der Waals surface area (Å²) in [6, 6.07) is 14.1. The van der Waals surface area contributed by atoms with E-state index in [9.17, 15) is 29.4 Å². The summed E-state index contributed by atoms with van der Waals surface area (Å²) in [6.07, 6.45) is 2.94. The van der Waals surface area contributed by atoms with Crippen LogP contribution in [0.3, 0.4) is 0 Å². The molecule has 2 aliphatic heterocycles. The largest absolute Gasteiger partial charge is 0.467 e. The molecule has 5 unspecified atom stereocenters. The lowest BCUT2D eigenvalue weighted by Gasteiger charge is -2.33. The maximum Gasteiger partial charge on any atom is 0.293 e. The monoisotopic (exact) mass is 898 g/mol. The van der Waals surface area contributed by atoms with Crippen LogP contribution in [-0.4, -0.2) is 125 Å². The van der Waals surface area contributed by atoms with E-state index in [0.717, 1.165) is 57.4 Å². The third kappa shape index (κ3) is 11.9. The standard InChI is InChI=1S/C49H66N6O10/c1-8-54-43-14-13-33(22-39(43)40(25-49(4,5)28-63-30-58)46(54)38-12-11-15-50-42(38)27-62-7)34-18-32(19-36(21-34)64-44-24-35(59)23-37(26-56)65-44)20-41(48(61)55-17-10-9-16-51-55)52-47(60)45(31(2)3)53(6)29-57/h11-15,18-19,21-22,29-31,35,37,41,44-45,51,56,59H,8-10,16-17,20,23-28H2,1-7H3,(H,52,60). The quantitative estimate of drug-likeness (QED) is 0.0838. The molecule has 5 atom stereocenters. The van der Waals surface area contributed by atoms with Crippen LogP contribution < -0.4 is 15.5 Å². The van der Waals surface area contributed by atoms with Crippen molar-refractivity contribution in [2.75, 3.05) is 40.5 Å². The Balaban J connectivity index is 1.51. The van der Waals surface area contributed by atoms with Crippen molar-refractivity contribution in [1.82, 2.24) is 30.2 Å². The van der Waals surface area contributed by atoms with E-state index in [4.69, 9.17) is 23.9 Å². The van der Waals surface area contributed by atoms with E-state index in [0.29, 0.717) is 56.9 Å². The minimum Gasteiger partial charge on any atom is -0.467 e. The van der Waals surface area contributed by atoms with Crippen molar-refractivity contribution in [1.29, 1.82) is 0 Å². The molecular formula is C49H66N6O10. The lowest BCUT2D eigenvalue weighted by Crippen LogP contribution is -2.58. The summed E-state index contributed by atoms with van der Waals surface area (Å²) in [6.45, 7) is 12.4. The number of hydrogen-bond acceptors (Lipinski definition) is 12. The number of hydrazine groups is 1. The molecule has 4 heterocycles. The SMILES string of the molecule is CCn1c(-c2cccnc2COC)c(CC(C)(C)COC=O)c2cc(-c3cc(CC(NC(=O)C(C(C)C)N(C)C=O)C(=O)N4CCCCN4)cc(OC4CC(O)CC(CO)O4)c3)ccc21. The van der Waals surface area contributed by atoms with Crippen LogP contribution in [0.5, 0.6) is 5.75 Å². The van der Waals surface area contributed by atoms with Crippen LogP contribution in [0, 0.1) is 11.3 Å². The summed E-state index contributed by atoms with van der Waals surface area (Å²) in [5.41, 5.74) is 9.76. The van der Waals surface area contributed by atoms with Gasteiger partial charge < -0.3 is 43.9 Å². The van der Waals surface area contributed by atoms with Gasteiger partial charge in [0.2, 0.25) is 18.6 Å². The normalized spacial score (nSPS) is 18.9. The molecule has 65 heavy (non-hydrogen) atoms. The van der Waals surface area contributed by atoms with Gasteiger partial charge in [0.15, 0.2) is 0 Å². The number of amides is 3. The number of carbonyl (C=O) groups is 4. The Morgan fingerprint density at radius 2 is 1.91 bits per heavy atom. The Kier molecular flexibility index (Phi) is 16.8. The maximum atomic E-state index is 14.4. The molecule has 0 aliphatic carbocycles. The fourth-order valence-electron chi connectivity index (χ4n) is 9.20. The van der Waals surface area contributed by atoms with Crippen LogP contribution >= 0.6 is 0 Å². The molecule has 4 N–H and O–H groups in total. The van der Waals surface area contributed by atoms with Crippen LogP contribution in [0.15, 0.2) is 54.7 Å². The zero-order valence-corrected chi connectivity index (χ0v) is 38.7. The zero-order valence-electron chi connectivity index (χ0n) is 38.7. The molecule has 4 aromatic rings. The molecule has 16 heteroatoms. The molecule has 16 nitrogen and oxygen atoms in total. The van der Waals surface area contributed by atoms with Crippen molar-refractivity contribution in [3.63, 3.8) is 0 Å². The molecule has 352 valence electrons. The van der Waals surface area contributed by atoms with E-state index >= 15 is 0 Å². The lowest BCUT2D eigenvalue weighted by atomic mass is 9.84. The van der Waals surface area contributed by atoms with Gasteiger partial charge in [0.05, 0.1) is 43.4 Å². The first-order valence-corrected chi connectivity index (χ1v) is 22.6. The second-order valence-electron chi connectivity index (χ2n) is 18.3. The molecule has 6 rings (SSSR count). The number of ether oxygens (including phenoxy) is 4. The Hall–Kier alpha value is -5.39. The number of likely N-dealkylation sites (N-methyl/N-ethyl adjacent to an activating group) is 1. The fraction of sp³-hybridized carbons (Fsp3) is 0.531. The Bertz CT molecular complexity index is 2270. The number of aliphatic hydroxyl groups is 2. The smallest absolute Gasteiger partial charge is 0.293 e. The van der Waals surface area contributed by atoms with Crippen LogP contribution in [0.4, 0.5) is 0 Å². The number of nitrogens with zero attached hydrogens (tertiary/aromatic N) is 4. The predicted molar refractivity (Wildman–Crippen MR) is 245 cm³/mol. The number of aryl methyl sites for hydroxylation is 1. The third-order valence-corrected chi connectivity index (χ3v) is 12.2. The van der Waals surface area contributed by atoms with Crippen molar-refractivity contribution < 1.29 is 48.3 Å². The average molecular weight is 899 g/mol. The zero-order chi connectivity index (χ0) is 46.8. The summed E-state index contributed by atoms with van der Waals surface area (Å²) in [5, 5.41) is 26.2. The van der Waals surface area contributed by atoms with Gasteiger partial charge in [-0.1, -0.05) is 39.8 Å². The summed E-state index contributed by atoms with van der Waals surface area (Å²) >= 11 is 0. The van der Waals surface area contributed by atoms with Crippen molar-refractivity contribution in [2.24, 2.45) is 11.3 Å². The maximum absolute atomic E-state index is 14.4. The van der Waals surface area contributed by atoms with Gasteiger partial charge in [-0.3, -0.25) is 29.2 Å². The summed E-state index contributed by atoms with van der Waals surface area (Å²) in [5.74, 6) is -0.589. The summed E-state index contributed by atoms with van der Waals surface area (Å²) < 4.78 is 25.7. The highest BCUT2D eigenvalue weighted by atomic mass is 16.7. The Morgan fingerprint density at radius 3 is 2.58 bits per heavy atom. The number of benzene rings is 2. The van der Waals surface area contributed by atoms with Crippen LogP contribution in [-0.2, 0) is 59.4 Å². The number of carbonyl (C=O) groups excluding carboxylic acids is 4. The van der Waals surface area contributed by atoms with Crippen molar-refractivity contribution in [3.8, 4) is 28.1 Å². The molecule has 2 fully saturated rings. The second-order valence-corrected chi connectivity index (χ2v) is 18.3. The molecule has 0 saturated carbocycles. The second kappa shape index (κ2) is 22.2. The van der Waals surface area contributed by atoms with E-state index in [-0.39, 0.29) is 44.3 Å². The van der Waals surface area contributed by atoms with Crippen LogP contribution in [0.25, 0.3) is 33.3 Å². The number of hydrogen-bond donors (Lipinski definition) is 4. The fourth-order valence-corrected chi connectivity index (χ4v) is 9.20. The van der Waals surface area contributed by atoms with Gasteiger partial charge in [-0.15, -0.1) is 0 Å². The number of pyridine rings is 1. The average Bonchev–Trinajstić information content (AvgIpc) is 3.59. The number of rotatable bonds is 21. The van der Waals surface area contributed by atoms with Gasteiger partial charge in [-0.05, 0) is 90.8 Å². The first-order chi connectivity index (χ1) is 31.2. The highest BCUT2D eigenvalue weighted by Crippen LogP contribution is 2.41. The topological polar surface area (TPSA) is 194 Å². The number of fused-ring (bicyclic) bond motifs is 1. The Labute approximate surface area is 381 Å². The van der Waals surface area contributed by atoms with Crippen molar-refractivity contribution in [2.45, 2.75) is 117 Å². The van der Waals surface area contributed by atoms with Crippen molar-refractivity contribution in [3.05, 3.63) is 71.5 Å². The molecule has 3 amide bonds. The van der Waals surface area contributed by atoms with Gasteiger partial charge in [-0.2, -0.15) is 0 Å². The first kappa shape index (κ1) is 49.1. The minimum absolute atomic E-state index is 0.0774. The number of methoxy groups -OCH3 is 1. The third-order valence-electron chi connectivity index (χ3n) is 12.2. The molecule has 2 saturated heterocycles. The highest BCUT2D eigenvalue weighted by molar-refractivity contribution is 5.95. The molecule has 2 aromatic heterocycles. The Morgan fingerprint density at radius 1 is 1.11 bits per heavy atom. The molecule has 2 aromatic carbocycles. The van der Waals surface area contributed by atoms with E-state index in [1.807, 2.05) is 38.1 Å². The molecular weight excluding hydrogens is 833 g/mol. The van der Waals surface area contributed by atoms with Gasteiger partial charge in [0, 0.05) is 81.1 Å². The summed E-state index contributed by atoms with van der Waals surface area (Å²) in [4.78, 5) is 57.6. The van der Waals surface area contributed by atoms with E-state index in [1.54, 1.807) is 31.4 Å². The van der Waals surface area contributed by atoms with Gasteiger partial charge >= 0.3 is 0 Å². The molecule has 0 bridgehead atoms. The van der Waals surface area contributed by atoms with E-state index < -0.39 is 41.9 Å². The van der Waals surface area contributed by atoms with Gasteiger partial charge in [-0.25, -0.2) is 5.43 Å². The molecule has 0 spiro atoms. The molecule has 2 aliphatic rings. The summed E-state index contributed by atoms with van der Waals surface area (Å²) in [7, 11) is 3.19. The highest BCUT2D eigenvalue weighted by Gasteiger charge is 2.34. The molecule has 0 radical (unpaired) electrons. The van der Waals surface area contributed by atoms with Gasteiger partial charge in [0.1, 0.15) is 17.8 Å².